The lowest BCUT2D eigenvalue weighted by Crippen LogP contribution is -2.47. The summed E-state index contributed by atoms with van der Waals surface area (Å²) >= 11 is 1.54. The van der Waals surface area contributed by atoms with Gasteiger partial charge in [0.25, 0.3) is 5.91 Å². The number of fused-ring (bicyclic) bond motifs is 3. The SMILES string of the molecule is C[C@H](c1nc2ccccc2s1)N(C)C(=O)CN1C(=O)N[C@]2(CCCc3ccccc32)C1=O. The molecular weight excluding hydrogens is 424 g/mol. The number of hydrogen-bond donors (Lipinski definition) is 1. The van der Waals surface area contributed by atoms with E-state index in [1.807, 2.05) is 55.5 Å². The van der Waals surface area contributed by atoms with Crippen molar-refractivity contribution < 1.29 is 14.4 Å². The highest BCUT2D eigenvalue weighted by atomic mass is 32.1. The van der Waals surface area contributed by atoms with Crippen molar-refractivity contribution in [3.8, 4) is 0 Å². The van der Waals surface area contributed by atoms with E-state index in [9.17, 15) is 14.4 Å². The van der Waals surface area contributed by atoms with Crippen molar-refractivity contribution in [2.75, 3.05) is 13.6 Å². The minimum absolute atomic E-state index is 0.273. The van der Waals surface area contributed by atoms with Gasteiger partial charge in [-0.2, -0.15) is 0 Å². The van der Waals surface area contributed by atoms with Crippen LogP contribution in [0.3, 0.4) is 0 Å². The number of thiazole rings is 1. The normalized spacial score (nSPS) is 21.0. The van der Waals surface area contributed by atoms with Crippen molar-refractivity contribution in [1.29, 1.82) is 0 Å². The van der Waals surface area contributed by atoms with Gasteiger partial charge in [-0.1, -0.05) is 36.4 Å². The summed E-state index contributed by atoms with van der Waals surface area (Å²) < 4.78 is 1.06. The molecule has 32 heavy (non-hydrogen) atoms. The maximum absolute atomic E-state index is 13.4. The average molecular weight is 449 g/mol. The number of benzene rings is 2. The molecule has 1 spiro atoms. The van der Waals surface area contributed by atoms with Gasteiger partial charge in [0, 0.05) is 7.05 Å². The van der Waals surface area contributed by atoms with Gasteiger partial charge in [-0.3, -0.25) is 14.5 Å². The van der Waals surface area contributed by atoms with E-state index in [1.54, 1.807) is 11.9 Å². The lowest BCUT2D eigenvalue weighted by atomic mass is 9.76. The van der Waals surface area contributed by atoms with Gasteiger partial charge in [-0.15, -0.1) is 11.3 Å². The van der Waals surface area contributed by atoms with Gasteiger partial charge in [0.15, 0.2) is 0 Å². The summed E-state index contributed by atoms with van der Waals surface area (Å²) in [5.41, 5.74) is 1.74. The fourth-order valence-corrected chi connectivity index (χ4v) is 5.72. The Morgan fingerprint density at radius 1 is 1.22 bits per heavy atom. The molecule has 4 amide bonds. The first-order valence-corrected chi connectivity index (χ1v) is 11.6. The number of carbonyl (C=O) groups is 3. The predicted octanol–water partition coefficient (Wildman–Crippen LogP) is 3.60. The molecular formula is C24H24N4O3S. The van der Waals surface area contributed by atoms with Crippen LogP contribution in [0, 0.1) is 0 Å². The molecule has 1 aliphatic carbocycles. The van der Waals surface area contributed by atoms with Crippen LogP contribution in [0.15, 0.2) is 48.5 Å². The summed E-state index contributed by atoms with van der Waals surface area (Å²) in [6, 6.07) is 14.8. The smallest absolute Gasteiger partial charge is 0.325 e. The van der Waals surface area contributed by atoms with Crippen molar-refractivity contribution in [3.63, 3.8) is 0 Å². The molecule has 0 unspecified atom stereocenters. The second-order valence-electron chi connectivity index (χ2n) is 8.44. The molecule has 5 rings (SSSR count). The summed E-state index contributed by atoms with van der Waals surface area (Å²) in [6.07, 6.45) is 2.22. The van der Waals surface area contributed by atoms with Crippen molar-refractivity contribution in [3.05, 3.63) is 64.7 Å². The molecule has 3 aromatic rings. The van der Waals surface area contributed by atoms with Gasteiger partial charge < -0.3 is 10.2 Å². The van der Waals surface area contributed by atoms with E-state index in [1.165, 1.54) is 11.3 Å². The fourth-order valence-electron chi connectivity index (χ4n) is 4.65. The van der Waals surface area contributed by atoms with E-state index in [0.29, 0.717) is 6.42 Å². The molecule has 8 heteroatoms. The van der Waals surface area contributed by atoms with Crippen LogP contribution in [0.25, 0.3) is 10.2 Å². The number of likely N-dealkylation sites (N-methyl/N-ethyl adjacent to an activating group) is 1. The number of nitrogens with zero attached hydrogens (tertiary/aromatic N) is 3. The fraction of sp³-hybridized carbons (Fsp3) is 0.333. The number of carbonyl (C=O) groups excluding carboxylic acids is 3. The zero-order valence-electron chi connectivity index (χ0n) is 18.0. The highest BCUT2D eigenvalue weighted by molar-refractivity contribution is 7.18. The number of aromatic nitrogens is 1. The second kappa shape index (κ2) is 7.70. The number of imide groups is 1. The van der Waals surface area contributed by atoms with Crippen LogP contribution in [0.4, 0.5) is 4.79 Å². The van der Waals surface area contributed by atoms with Gasteiger partial charge in [0.2, 0.25) is 5.91 Å². The Kier molecular flexibility index (Phi) is 4.97. The molecule has 1 saturated heterocycles. The number of hydrogen-bond acceptors (Lipinski definition) is 5. The zero-order chi connectivity index (χ0) is 22.5. The number of rotatable bonds is 4. The molecule has 0 saturated carbocycles. The highest BCUT2D eigenvalue weighted by Gasteiger charge is 2.54. The van der Waals surface area contributed by atoms with Gasteiger partial charge in [0.1, 0.15) is 17.1 Å². The Hall–Kier alpha value is -3.26. The third-order valence-electron chi connectivity index (χ3n) is 6.59. The first-order chi connectivity index (χ1) is 15.4. The molecule has 0 radical (unpaired) electrons. The minimum Gasteiger partial charge on any atom is -0.335 e. The van der Waals surface area contributed by atoms with Crippen LogP contribution in [0.2, 0.25) is 0 Å². The molecule has 2 heterocycles. The van der Waals surface area contributed by atoms with E-state index < -0.39 is 11.6 Å². The van der Waals surface area contributed by atoms with Crippen LogP contribution < -0.4 is 5.32 Å². The van der Waals surface area contributed by atoms with Crippen molar-refractivity contribution >= 4 is 39.4 Å². The topological polar surface area (TPSA) is 82.6 Å². The number of urea groups is 1. The van der Waals surface area contributed by atoms with Gasteiger partial charge in [0.05, 0.1) is 16.3 Å². The van der Waals surface area contributed by atoms with Crippen molar-refractivity contribution in [1.82, 2.24) is 20.1 Å². The van der Waals surface area contributed by atoms with Crippen LogP contribution >= 0.6 is 11.3 Å². The largest absolute Gasteiger partial charge is 0.335 e. The molecule has 1 N–H and O–H groups in total. The summed E-state index contributed by atoms with van der Waals surface area (Å²) in [4.78, 5) is 46.5. The average Bonchev–Trinajstić information content (AvgIpc) is 3.34. The standard InChI is InChI=1S/C24H24N4O3S/c1-15(21-25-18-11-5-6-12-19(18)32-21)27(2)20(29)14-28-22(30)24(26-23(28)31)13-7-9-16-8-3-4-10-17(16)24/h3-6,8,10-12,15H,7,9,13-14H2,1-2H3,(H,26,31)/t15-,24+/m1/s1. The Bertz CT molecular complexity index is 1210. The highest BCUT2D eigenvalue weighted by Crippen LogP contribution is 2.40. The molecule has 2 aromatic carbocycles. The van der Waals surface area contributed by atoms with Gasteiger partial charge >= 0.3 is 6.03 Å². The summed E-state index contributed by atoms with van der Waals surface area (Å²) in [5.74, 6) is -0.648. The van der Waals surface area contributed by atoms with Gasteiger partial charge in [-0.25, -0.2) is 9.78 Å². The summed E-state index contributed by atoms with van der Waals surface area (Å²) in [5, 5.41) is 3.72. The maximum atomic E-state index is 13.4. The second-order valence-corrected chi connectivity index (χ2v) is 9.50. The zero-order valence-corrected chi connectivity index (χ0v) is 18.8. The van der Waals surface area contributed by atoms with E-state index in [0.717, 1.165) is 44.1 Å². The number of amides is 4. The van der Waals surface area contributed by atoms with E-state index in [2.05, 4.69) is 10.3 Å². The molecule has 1 aliphatic heterocycles. The predicted molar refractivity (Wildman–Crippen MR) is 122 cm³/mol. The first-order valence-electron chi connectivity index (χ1n) is 10.7. The molecule has 2 atom stereocenters. The number of nitrogens with one attached hydrogen (secondary N) is 1. The van der Waals surface area contributed by atoms with Gasteiger partial charge in [-0.05, 0) is 49.4 Å². The van der Waals surface area contributed by atoms with E-state index in [4.69, 9.17) is 0 Å². The third kappa shape index (κ3) is 3.17. The lowest BCUT2D eigenvalue weighted by molar-refractivity contribution is -0.139. The van der Waals surface area contributed by atoms with E-state index >= 15 is 0 Å². The Morgan fingerprint density at radius 3 is 2.78 bits per heavy atom. The number of para-hydroxylation sites is 1. The van der Waals surface area contributed by atoms with E-state index in [-0.39, 0.29) is 24.4 Å². The molecule has 1 aromatic heterocycles. The minimum atomic E-state index is -1.07. The molecule has 0 bridgehead atoms. The molecule has 2 aliphatic rings. The quantitative estimate of drug-likeness (QED) is 0.619. The maximum Gasteiger partial charge on any atom is 0.325 e. The number of aryl methyl sites for hydroxylation is 1. The monoisotopic (exact) mass is 448 g/mol. The van der Waals surface area contributed by atoms with Crippen LogP contribution in [0.1, 0.15) is 41.9 Å². The summed E-state index contributed by atoms with van der Waals surface area (Å²) in [6.45, 7) is 1.61. The summed E-state index contributed by atoms with van der Waals surface area (Å²) in [7, 11) is 1.68. The van der Waals surface area contributed by atoms with Crippen molar-refractivity contribution in [2.45, 2.75) is 37.8 Å². The third-order valence-corrected chi connectivity index (χ3v) is 7.79. The molecule has 7 nitrogen and oxygen atoms in total. The first kappa shape index (κ1) is 20.6. The van der Waals surface area contributed by atoms with Crippen LogP contribution in [-0.4, -0.2) is 46.2 Å². The Morgan fingerprint density at radius 2 is 1.97 bits per heavy atom. The molecule has 164 valence electrons. The van der Waals surface area contributed by atoms with Crippen molar-refractivity contribution in [2.24, 2.45) is 0 Å². The van der Waals surface area contributed by atoms with Crippen LogP contribution in [0.5, 0.6) is 0 Å². The molecule has 1 fully saturated rings. The Balaban J connectivity index is 1.35. The van der Waals surface area contributed by atoms with Crippen LogP contribution in [-0.2, 0) is 21.5 Å². The lowest BCUT2D eigenvalue weighted by Gasteiger charge is -2.33. The Labute approximate surface area is 190 Å².